The number of fused-ring (bicyclic) bond motifs is 1. The summed E-state index contributed by atoms with van der Waals surface area (Å²) in [6.45, 7) is 5.74. The molecule has 86 valence electrons. The average Bonchev–Trinajstić information content (AvgIpc) is 2.54. The van der Waals surface area contributed by atoms with Crippen molar-refractivity contribution in [2.24, 2.45) is 5.92 Å². The van der Waals surface area contributed by atoms with Crippen LogP contribution in [0.15, 0.2) is 18.2 Å². The highest BCUT2D eigenvalue weighted by molar-refractivity contribution is 5.92. The van der Waals surface area contributed by atoms with Gasteiger partial charge < -0.3 is 14.6 Å². The number of hydrogen-bond donors (Lipinski definition) is 1. The van der Waals surface area contributed by atoms with E-state index in [0.717, 1.165) is 0 Å². The Hall–Kier alpha value is -1.71. The Kier molecular flexibility index (Phi) is 2.30. The predicted octanol–water partition coefficient (Wildman–Crippen LogP) is 2.53. The molecule has 0 bridgehead atoms. The standard InChI is InChI=1S/C12H14O4/c1-7(2)12(3)15-9-6-4-5-8(11(13)14)10(9)16-12/h4-7H,1-3H3,(H,13,14). The molecule has 2 rings (SSSR count). The van der Waals surface area contributed by atoms with Crippen molar-refractivity contribution in [3.05, 3.63) is 23.8 Å². The first-order valence-electron chi connectivity index (χ1n) is 5.18. The molecule has 4 heteroatoms. The van der Waals surface area contributed by atoms with Crippen molar-refractivity contribution in [1.82, 2.24) is 0 Å². The maximum atomic E-state index is 11.0. The third-order valence-corrected chi connectivity index (χ3v) is 2.88. The lowest BCUT2D eigenvalue weighted by Crippen LogP contribution is -2.40. The summed E-state index contributed by atoms with van der Waals surface area (Å²) in [6, 6.07) is 4.88. The van der Waals surface area contributed by atoms with E-state index in [1.807, 2.05) is 20.8 Å². The van der Waals surface area contributed by atoms with Crippen molar-refractivity contribution in [3.63, 3.8) is 0 Å². The van der Waals surface area contributed by atoms with Crippen molar-refractivity contribution in [3.8, 4) is 11.5 Å². The molecule has 0 radical (unpaired) electrons. The number of carboxylic acid groups (broad SMARTS) is 1. The van der Waals surface area contributed by atoms with Gasteiger partial charge >= 0.3 is 5.97 Å². The molecule has 1 N–H and O–H groups in total. The minimum Gasteiger partial charge on any atom is -0.478 e. The van der Waals surface area contributed by atoms with Crippen LogP contribution in [-0.4, -0.2) is 16.9 Å². The molecule has 1 unspecified atom stereocenters. The zero-order chi connectivity index (χ0) is 11.9. The summed E-state index contributed by atoms with van der Waals surface area (Å²) in [5, 5.41) is 9.02. The second-order valence-electron chi connectivity index (χ2n) is 4.31. The van der Waals surface area contributed by atoms with Gasteiger partial charge in [-0.25, -0.2) is 4.79 Å². The Morgan fingerprint density at radius 3 is 2.62 bits per heavy atom. The van der Waals surface area contributed by atoms with Gasteiger partial charge in [-0.2, -0.15) is 0 Å². The molecule has 1 atom stereocenters. The van der Waals surface area contributed by atoms with Crippen LogP contribution in [0, 0.1) is 5.92 Å². The average molecular weight is 222 g/mol. The van der Waals surface area contributed by atoms with Crippen LogP contribution in [-0.2, 0) is 0 Å². The zero-order valence-electron chi connectivity index (χ0n) is 9.48. The van der Waals surface area contributed by atoms with Gasteiger partial charge in [-0.1, -0.05) is 19.9 Å². The van der Waals surface area contributed by atoms with Crippen LogP contribution in [0.3, 0.4) is 0 Å². The molecule has 1 aromatic rings. The van der Waals surface area contributed by atoms with Crippen LogP contribution in [0.5, 0.6) is 11.5 Å². The van der Waals surface area contributed by atoms with Gasteiger partial charge in [0.15, 0.2) is 11.5 Å². The van der Waals surface area contributed by atoms with E-state index in [9.17, 15) is 4.79 Å². The summed E-state index contributed by atoms with van der Waals surface area (Å²) < 4.78 is 11.3. The fourth-order valence-corrected chi connectivity index (χ4v) is 1.55. The van der Waals surface area contributed by atoms with Crippen molar-refractivity contribution < 1.29 is 19.4 Å². The van der Waals surface area contributed by atoms with E-state index in [1.54, 1.807) is 12.1 Å². The molecule has 0 aliphatic carbocycles. The van der Waals surface area contributed by atoms with E-state index >= 15 is 0 Å². The summed E-state index contributed by atoms with van der Waals surface area (Å²) in [5.41, 5.74) is 0.141. The van der Waals surface area contributed by atoms with Crippen LogP contribution in [0.1, 0.15) is 31.1 Å². The van der Waals surface area contributed by atoms with Crippen molar-refractivity contribution >= 4 is 5.97 Å². The largest absolute Gasteiger partial charge is 0.478 e. The molecule has 4 nitrogen and oxygen atoms in total. The smallest absolute Gasteiger partial charge is 0.339 e. The van der Waals surface area contributed by atoms with E-state index in [2.05, 4.69) is 0 Å². The fraction of sp³-hybridized carbons (Fsp3) is 0.417. The highest BCUT2D eigenvalue weighted by Gasteiger charge is 2.41. The third kappa shape index (κ3) is 1.50. The SMILES string of the molecule is CC(C)C1(C)Oc2cccc(C(=O)O)c2O1. The maximum absolute atomic E-state index is 11.0. The second kappa shape index (κ2) is 3.40. The topological polar surface area (TPSA) is 55.8 Å². The van der Waals surface area contributed by atoms with Gasteiger partial charge in [-0.3, -0.25) is 0 Å². The molecular formula is C12H14O4. The lowest BCUT2D eigenvalue weighted by molar-refractivity contribution is -0.0992. The van der Waals surface area contributed by atoms with Crippen molar-refractivity contribution in [2.75, 3.05) is 0 Å². The number of benzene rings is 1. The molecule has 0 saturated heterocycles. The number of aromatic carboxylic acids is 1. The number of carboxylic acids is 1. The summed E-state index contributed by atoms with van der Waals surface area (Å²) in [7, 11) is 0. The molecule has 1 aliphatic heterocycles. The van der Waals surface area contributed by atoms with E-state index in [4.69, 9.17) is 14.6 Å². The highest BCUT2D eigenvalue weighted by Crippen LogP contribution is 2.44. The quantitative estimate of drug-likeness (QED) is 0.835. The van der Waals surface area contributed by atoms with Gasteiger partial charge in [0, 0.05) is 12.8 Å². The van der Waals surface area contributed by atoms with Crippen LogP contribution < -0.4 is 9.47 Å². The number of para-hydroxylation sites is 1. The molecule has 0 spiro atoms. The highest BCUT2D eigenvalue weighted by atomic mass is 16.7. The number of carbonyl (C=O) groups is 1. The number of ether oxygens (including phenoxy) is 2. The Morgan fingerprint density at radius 1 is 1.38 bits per heavy atom. The summed E-state index contributed by atoms with van der Waals surface area (Å²) >= 11 is 0. The normalized spacial score (nSPS) is 22.5. The monoisotopic (exact) mass is 222 g/mol. The van der Waals surface area contributed by atoms with E-state index in [-0.39, 0.29) is 11.5 Å². The zero-order valence-corrected chi connectivity index (χ0v) is 9.48. The summed E-state index contributed by atoms with van der Waals surface area (Å²) in [4.78, 5) is 11.0. The lowest BCUT2D eigenvalue weighted by Gasteiger charge is -2.26. The van der Waals surface area contributed by atoms with Crippen LogP contribution in [0.2, 0.25) is 0 Å². The van der Waals surface area contributed by atoms with Gasteiger partial charge in [-0.05, 0) is 12.1 Å². The number of hydrogen-bond acceptors (Lipinski definition) is 3. The van der Waals surface area contributed by atoms with Crippen molar-refractivity contribution in [1.29, 1.82) is 0 Å². The molecule has 0 amide bonds. The second-order valence-corrected chi connectivity index (χ2v) is 4.31. The lowest BCUT2D eigenvalue weighted by atomic mass is 10.1. The Morgan fingerprint density at radius 2 is 2.06 bits per heavy atom. The first-order chi connectivity index (χ1) is 7.44. The molecule has 16 heavy (non-hydrogen) atoms. The van der Waals surface area contributed by atoms with Gasteiger partial charge in [0.1, 0.15) is 5.56 Å². The molecule has 1 aliphatic rings. The van der Waals surface area contributed by atoms with Gasteiger partial charge in [0.25, 0.3) is 5.79 Å². The molecule has 0 aromatic heterocycles. The van der Waals surface area contributed by atoms with Gasteiger partial charge in [-0.15, -0.1) is 0 Å². The van der Waals surface area contributed by atoms with Gasteiger partial charge in [0.2, 0.25) is 0 Å². The Bertz CT molecular complexity index is 439. The molecule has 1 heterocycles. The van der Waals surface area contributed by atoms with Crippen LogP contribution in [0.4, 0.5) is 0 Å². The summed E-state index contributed by atoms with van der Waals surface area (Å²) in [5.74, 6) is -0.842. The van der Waals surface area contributed by atoms with Crippen molar-refractivity contribution in [2.45, 2.75) is 26.6 Å². The van der Waals surface area contributed by atoms with Crippen LogP contribution >= 0.6 is 0 Å². The number of rotatable bonds is 2. The first kappa shape index (κ1) is 10.8. The third-order valence-electron chi connectivity index (χ3n) is 2.88. The van der Waals surface area contributed by atoms with E-state index in [1.165, 1.54) is 6.07 Å². The predicted molar refractivity (Wildman–Crippen MR) is 57.9 cm³/mol. The van der Waals surface area contributed by atoms with Gasteiger partial charge in [0.05, 0.1) is 0 Å². The summed E-state index contributed by atoms with van der Waals surface area (Å²) in [6.07, 6.45) is 0. The maximum Gasteiger partial charge on any atom is 0.339 e. The Balaban J connectivity index is 2.45. The van der Waals surface area contributed by atoms with E-state index in [0.29, 0.717) is 11.5 Å². The molecular weight excluding hydrogens is 208 g/mol. The molecule has 0 fully saturated rings. The molecule has 0 saturated carbocycles. The molecule has 1 aromatic carbocycles. The first-order valence-corrected chi connectivity index (χ1v) is 5.18. The minimum absolute atomic E-state index is 0.126. The Labute approximate surface area is 93.8 Å². The van der Waals surface area contributed by atoms with Crippen LogP contribution in [0.25, 0.3) is 0 Å². The minimum atomic E-state index is -1.01. The fourth-order valence-electron chi connectivity index (χ4n) is 1.55. The van der Waals surface area contributed by atoms with E-state index < -0.39 is 11.8 Å².